The first-order valence-electron chi connectivity index (χ1n) is 11.9. The highest BCUT2D eigenvalue weighted by Gasteiger charge is 2.44. The van der Waals surface area contributed by atoms with Crippen LogP contribution in [0.3, 0.4) is 0 Å². The van der Waals surface area contributed by atoms with Gasteiger partial charge in [0, 0.05) is 37.0 Å². The first-order chi connectivity index (χ1) is 15.5. The van der Waals surface area contributed by atoms with Crippen LogP contribution < -0.4 is 0 Å². The maximum atomic E-state index is 12.4. The number of nitrogens with zero attached hydrogens (tertiary/aromatic N) is 4. The van der Waals surface area contributed by atoms with Crippen LogP contribution in [0.25, 0.3) is 0 Å². The topological polar surface area (TPSA) is 90.5 Å². The zero-order valence-corrected chi connectivity index (χ0v) is 20.9. The van der Waals surface area contributed by atoms with E-state index in [0.717, 1.165) is 32.1 Å². The zero-order chi connectivity index (χ0) is 24.8. The largest absolute Gasteiger partial charge is 0.381 e. The van der Waals surface area contributed by atoms with Gasteiger partial charge in [0.1, 0.15) is 13.1 Å². The summed E-state index contributed by atoms with van der Waals surface area (Å²) in [5.74, 6) is -0.315. The lowest BCUT2D eigenvalue weighted by molar-refractivity contribution is -0.129. The fraction of sp³-hybridized carbons (Fsp3) is 0.750. The molecule has 0 aromatic heterocycles. The lowest BCUT2D eigenvalue weighted by atomic mass is 9.95. The summed E-state index contributed by atoms with van der Waals surface area (Å²) >= 11 is 0. The second-order valence-electron chi connectivity index (χ2n) is 10.00. The van der Waals surface area contributed by atoms with Gasteiger partial charge in [-0.25, -0.2) is 9.59 Å². The smallest absolute Gasteiger partial charge is 0.331 e. The van der Waals surface area contributed by atoms with Gasteiger partial charge in [-0.1, -0.05) is 6.58 Å². The molecule has 2 aliphatic rings. The van der Waals surface area contributed by atoms with Gasteiger partial charge in [0.25, 0.3) is 11.8 Å². The van der Waals surface area contributed by atoms with E-state index in [1.807, 2.05) is 34.6 Å². The molecule has 0 N–H and O–H groups in total. The Hall–Kier alpha value is -2.42. The summed E-state index contributed by atoms with van der Waals surface area (Å²) in [7, 11) is 0. The van der Waals surface area contributed by atoms with Crippen LogP contribution in [0.1, 0.15) is 73.1 Å². The van der Waals surface area contributed by atoms with Gasteiger partial charge in [0.2, 0.25) is 0 Å². The molecule has 186 valence electrons. The van der Waals surface area contributed by atoms with Gasteiger partial charge in [0.05, 0.1) is 0 Å². The molecule has 2 aliphatic heterocycles. The van der Waals surface area contributed by atoms with Crippen LogP contribution in [-0.2, 0) is 14.3 Å². The summed E-state index contributed by atoms with van der Waals surface area (Å²) < 4.78 is 5.74. The highest BCUT2D eigenvalue weighted by atomic mass is 16.5. The fourth-order valence-corrected chi connectivity index (χ4v) is 4.50. The van der Waals surface area contributed by atoms with E-state index in [-0.39, 0.29) is 37.0 Å². The Balaban J connectivity index is 1.61. The predicted octanol–water partition coefficient (Wildman–Crippen LogP) is 3.59. The van der Waals surface area contributed by atoms with Crippen LogP contribution in [0.4, 0.5) is 9.59 Å². The number of unbranched alkanes of at least 4 members (excludes halogenated alkanes) is 2. The number of carbonyl (C=O) groups excluding carboxylic acids is 4. The summed E-state index contributed by atoms with van der Waals surface area (Å²) in [6, 6.07) is -0.500. The second kappa shape index (κ2) is 11.1. The molecule has 33 heavy (non-hydrogen) atoms. The van der Waals surface area contributed by atoms with Crippen LogP contribution in [0.2, 0.25) is 0 Å². The molecule has 6 amide bonds. The van der Waals surface area contributed by atoms with Gasteiger partial charge in [-0.2, -0.15) is 0 Å². The van der Waals surface area contributed by atoms with Crippen molar-refractivity contribution >= 4 is 23.9 Å². The molecule has 2 rings (SSSR count). The van der Waals surface area contributed by atoms with E-state index in [2.05, 4.69) is 6.58 Å². The van der Waals surface area contributed by atoms with Crippen molar-refractivity contribution in [3.05, 3.63) is 12.8 Å². The van der Waals surface area contributed by atoms with E-state index in [9.17, 15) is 19.2 Å². The summed E-state index contributed by atoms with van der Waals surface area (Å²) in [5, 5.41) is 0. The van der Waals surface area contributed by atoms with E-state index in [1.165, 1.54) is 20.9 Å². The molecular formula is C24H40N4O5. The van der Waals surface area contributed by atoms with Gasteiger partial charge in [-0.15, -0.1) is 0 Å². The number of likely N-dealkylation sites (N-methyl/N-ethyl adjacent to an activating group) is 1. The molecule has 0 bridgehead atoms. The van der Waals surface area contributed by atoms with E-state index >= 15 is 0 Å². The first-order valence-corrected chi connectivity index (χ1v) is 11.9. The Morgan fingerprint density at radius 3 is 1.73 bits per heavy atom. The number of rotatable bonds is 14. The molecular weight excluding hydrogens is 424 g/mol. The molecule has 0 aliphatic carbocycles. The van der Waals surface area contributed by atoms with Crippen molar-refractivity contribution in [1.82, 2.24) is 19.6 Å². The normalized spacial score (nSPS) is 17.7. The number of hydrogen-bond donors (Lipinski definition) is 0. The van der Waals surface area contributed by atoms with E-state index in [0.29, 0.717) is 26.2 Å². The molecule has 2 fully saturated rings. The molecule has 2 saturated heterocycles. The summed E-state index contributed by atoms with van der Waals surface area (Å²) in [4.78, 5) is 54.9. The van der Waals surface area contributed by atoms with Crippen LogP contribution in [-0.4, -0.2) is 87.4 Å². The maximum absolute atomic E-state index is 12.4. The van der Waals surface area contributed by atoms with Gasteiger partial charge in [-0.3, -0.25) is 24.3 Å². The van der Waals surface area contributed by atoms with Crippen LogP contribution in [0.5, 0.6) is 0 Å². The Morgan fingerprint density at radius 2 is 1.30 bits per heavy atom. The molecule has 0 unspecified atom stereocenters. The Labute approximate surface area is 197 Å². The van der Waals surface area contributed by atoms with Gasteiger partial charge in [-0.05, 0) is 73.1 Å². The third-order valence-corrected chi connectivity index (χ3v) is 6.50. The third kappa shape index (κ3) is 6.34. The quantitative estimate of drug-likeness (QED) is 0.289. The second-order valence-corrected chi connectivity index (χ2v) is 10.00. The number of imide groups is 2. The van der Waals surface area contributed by atoms with Crippen molar-refractivity contribution in [1.29, 1.82) is 0 Å². The number of hydrogen-bond acceptors (Lipinski definition) is 5. The lowest BCUT2D eigenvalue weighted by Gasteiger charge is -2.33. The summed E-state index contributed by atoms with van der Waals surface area (Å²) in [6.45, 7) is 15.2. The van der Waals surface area contributed by atoms with E-state index < -0.39 is 11.1 Å². The fourth-order valence-electron chi connectivity index (χ4n) is 4.50. The molecule has 0 radical (unpaired) electrons. The van der Waals surface area contributed by atoms with Crippen molar-refractivity contribution in [2.24, 2.45) is 0 Å². The molecule has 0 spiro atoms. The van der Waals surface area contributed by atoms with Crippen molar-refractivity contribution in [3.8, 4) is 0 Å². The minimum atomic E-state index is -0.546. The molecule has 0 aromatic carbocycles. The van der Waals surface area contributed by atoms with E-state index in [1.54, 1.807) is 4.90 Å². The molecule has 0 atom stereocenters. The monoisotopic (exact) mass is 464 g/mol. The summed E-state index contributed by atoms with van der Waals surface area (Å²) in [6.07, 6.45) is 6.25. The number of ether oxygens (including phenoxy) is 1. The Bertz CT molecular complexity index is 764. The minimum absolute atomic E-state index is 0.0582. The maximum Gasteiger partial charge on any atom is 0.331 e. The highest BCUT2D eigenvalue weighted by molar-refractivity contribution is 6.03. The van der Waals surface area contributed by atoms with Crippen molar-refractivity contribution in [2.75, 3.05) is 32.8 Å². The van der Waals surface area contributed by atoms with Crippen LogP contribution in [0, 0.1) is 0 Å². The third-order valence-electron chi connectivity index (χ3n) is 6.50. The van der Waals surface area contributed by atoms with Crippen LogP contribution in [0.15, 0.2) is 12.8 Å². The van der Waals surface area contributed by atoms with Gasteiger partial charge in [0.15, 0.2) is 0 Å². The average molecular weight is 465 g/mol. The standard InChI is InChI=1S/C24H40N4O5/c1-7-25-17-19(29)27(21(25)31)23(3,4)13-9-11-15-33-16-12-10-14-24(5,6)28-20(30)18-26(8-2)22(28)32/h7H,1,8-18H2,2-6H3. The van der Waals surface area contributed by atoms with E-state index in [4.69, 9.17) is 4.74 Å². The number of carbonyl (C=O) groups is 4. The van der Waals surface area contributed by atoms with Crippen molar-refractivity contribution in [3.63, 3.8) is 0 Å². The average Bonchev–Trinajstić information content (AvgIpc) is 3.20. The van der Waals surface area contributed by atoms with Gasteiger partial charge >= 0.3 is 12.1 Å². The first kappa shape index (κ1) is 26.8. The zero-order valence-electron chi connectivity index (χ0n) is 20.9. The Morgan fingerprint density at radius 1 is 0.818 bits per heavy atom. The van der Waals surface area contributed by atoms with Crippen molar-refractivity contribution < 1.29 is 23.9 Å². The molecule has 2 heterocycles. The summed E-state index contributed by atoms with van der Waals surface area (Å²) in [5.41, 5.74) is -1.05. The van der Waals surface area contributed by atoms with Crippen LogP contribution >= 0.6 is 0 Å². The van der Waals surface area contributed by atoms with Crippen molar-refractivity contribution in [2.45, 2.75) is 84.2 Å². The molecule has 9 heteroatoms. The number of amides is 6. The SMILES string of the molecule is C=CN1CC(=O)N(C(C)(C)CCCCOCCCCC(C)(C)N2C(=O)CN(CC)C2=O)C1=O. The highest BCUT2D eigenvalue weighted by Crippen LogP contribution is 2.28. The number of urea groups is 2. The molecule has 9 nitrogen and oxygen atoms in total. The minimum Gasteiger partial charge on any atom is -0.381 e. The van der Waals surface area contributed by atoms with Gasteiger partial charge < -0.3 is 9.64 Å². The molecule has 0 aromatic rings. The molecule has 0 saturated carbocycles. The Kier molecular flexibility index (Phi) is 9.05. The lowest BCUT2D eigenvalue weighted by Crippen LogP contribution is -2.48. The predicted molar refractivity (Wildman–Crippen MR) is 125 cm³/mol.